The summed E-state index contributed by atoms with van der Waals surface area (Å²) in [7, 11) is 3.36. The molecule has 2 fully saturated rings. The predicted molar refractivity (Wildman–Crippen MR) is 109 cm³/mol. The normalized spacial score (nSPS) is 22.6. The van der Waals surface area contributed by atoms with Crippen molar-refractivity contribution in [3.63, 3.8) is 0 Å². The van der Waals surface area contributed by atoms with Crippen molar-refractivity contribution in [2.45, 2.75) is 45.7 Å². The zero-order chi connectivity index (χ0) is 21.2. The average molecular weight is 406 g/mol. The number of benzene rings is 1. The summed E-state index contributed by atoms with van der Waals surface area (Å²) < 4.78 is 19.5. The summed E-state index contributed by atoms with van der Waals surface area (Å²) in [5.74, 6) is 0.419. The fourth-order valence-corrected chi connectivity index (χ4v) is 4.37. The zero-order valence-electron chi connectivity index (χ0n) is 17.9. The second-order valence-corrected chi connectivity index (χ2v) is 8.63. The van der Waals surface area contributed by atoms with E-state index in [2.05, 4.69) is 4.90 Å². The van der Waals surface area contributed by atoms with Crippen molar-refractivity contribution in [2.24, 2.45) is 5.41 Å². The van der Waals surface area contributed by atoms with E-state index in [1.54, 1.807) is 29.0 Å². The highest BCUT2D eigenvalue weighted by molar-refractivity contribution is 5.84. The number of carbonyl (C=O) groups is 2. The molecule has 2 amide bonds. The molecule has 0 saturated carbocycles. The number of hydrogen-bond acceptors (Lipinski definition) is 4. The Kier molecular flexibility index (Phi) is 6.46. The van der Waals surface area contributed by atoms with Crippen molar-refractivity contribution in [1.29, 1.82) is 0 Å². The van der Waals surface area contributed by atoms with Crippen molar-refractivity contribution < 1.29 is 18.7 Å². The van der Waals surface area contributed by atoms with Gasteiger partial charge < -0.3 is 14.5 Å². The summed E-state index contributed by atoms with van der Waals surface area (Å²) in [5, 5.41) is 0. The van der Waals surface area contributed by atoms with Crippen LogP contribution in [0.25, 0.3) is 0 Å². The predicted octanol–water partition coefficient (Wildman–Crippen LogP) is 2.52. The van der Waals surface area contributed by atoms with Crippen LogP contribution >= 0.6 is 0 Å². The van der Waals surface area contributed by atoms with E-state index in [9.17, 15) is 14.0 Å². The minimum Gasteiger partial charge on any atom is -0.497 e. The Labute approximate surface area is 172 Å². The third kappa shape index (κ3) is 4.55. The maximum absolute atomic E-state index is 14.3. The van der Waals surface area contributed by atoms with Gasteiger partial charge in [0.2, 0.25) is 11.8 Å². The second-order valence-electron chi connectivity index (χ2n) is 8.63. The zero-order valence-corrected chi connectivity index (χ0v) is 17.9. The monoisotopic (exact) mass is 405 g/mol. The van der Waals surface area contributed by atoms with Crippen LogP contribution < -0.4 is 4.74 Å². The van der Waals surface area contributed by atoms with E-state index >= 15 is 0 Å². The van der Waals surface area contributed by atoms with Crippen LogP contribution in [0, 0.1) is 11.2 Å². The minimum atomic E-state index is -0.454. The molecule has 1 atom stereocenters. The Morgan fingerprint density at radius 3 is 2.76 bits per heavy atom. The first-order chi connectivity index (χ1) is 13.8. The average Bonchev–Trinajstić information content (AvgIpc) is 3.09. The van der Waals surface area contributed by atoms with Gasteiger partial charge in [0.1, 0.15) is 11.6 Å². The molecule has 29 heavy (non-hydrogen) atoms. The van der Waals surface area contributed by atoms with Crippen LogP contribution in [0.15, 0.2) is 18.2 Å². The number of likely N-dealkylation sites (N-methyl/N-ethyl adjacent to an activating group) is 1. The number of likely N-dealkylation sites (tertiary alicyclic amines) is 2. The van der Waals surface area contributed by atoms with Crippen LogP contribution in [-0.4, -0.2) is 72.9 Å². The Morgan fingerprint density at radius 2 is 2.07 bits per heavy atom. The molecule has 1 aromatic carbocycles. The standard InChI is InChI=1S/C22H32FN3O3/c1-16(2)24(3)20(27)14-25-11-9-22(15-25)8-5-10-26(21(22)28)13-17-12-18(29-4)6-7-19(17)23/h6-7,12,16H,5,8-11,13-15H2,1-4H3. The number of hydrogen-bond donors (Lipinski definition) is 0. The maximum atomic E-state index is 14.3. The molecule has 160 valence electrons. The highest BCUT2D eigenvalue weighted by Crippen LogP contribution is 2.40. The number of amides is 2. The third-order valence-corrected chi connectivity index (χ3v) is 6.40. The molecule has 0 aromatic heterocycles. The van der Waals surface area contributed by atoms with E-state index in [0.717, 1.165) is 25.8 Å². The van der Waals surface area contributed by atoms with Gasteiger partial charge >= 0.3 is 0 Å². The third-order valence-electron chi connectivity index (χ3n) is 6.40. The lowest BCUT2D eigenvalue weighted by Crippen LogP contribution is -2.50. The Balaban J connectivity index is 1.67. The van der Waals surface area contributed by atoms with Crippen LogP contribution in [0.3, 0.4) is 0 Å². The molecule has 1 spiro atoms. The van der Waals surface area contributed by atoms with Gasteiger partial charge in [0.15, 0.2) is 0 Å². The van der Waals surface area contributed by atoms with E-state index in [4.69, 9.17) is 4.74 Å². The number of nitrogens with zero attached hydrogens (tertiary/aromatic N) is 3. The van der Waals surface area contributed by atoms with Gasteiger partial charge in [-0.2, -0.15) is 0 Å². The van der Waals surface area contributed by atoms with Gasteiger partial charge in [0, 0.05) is 38.3 Å². The molecule has 2 aliphatic heterocycles. The lowest BCUT2D eigenvalue weighted by Gasteiger charge is -2.39. The summed E-state index contributed by atoms with van der Waals surface area (Å²) in [6.45, 7) is 6.54. The van der Waals surface area contributed by atoms with E-state index < -0.39 is 5.41 Å². The molecule has 0 radical (unpaired) electrons. The fourth-order valence-electron chi connectivity index (χ4n) is 4.37. The molecule has 0 aliphatic carbocycles. The first-order valence-electron chi connectivity index (χ1n) is 10.4. The molecular formula is C22H32FN3O3. The first kappa shape index (κ1) is 21.6. The highest BCUT2D eigenvalue weighted by atomic mass is 19.1. The fraction of sp³-hybridized carbons (Fsp3) is 0.636. The van der Waals surface area contributed by atoms with E-state index in [1.165, 1.54) is 6.07 Å². The molecule has 7 heteroatoms. The topological polar surface area (TPSA) is 53.1 Å². The molecule has 2 saturated heterocycles. The number of methoxy groups -OCH3 is 1. The van der Waals surface area contributed by atoms with Gasteiger partial charge in [-0.25, -0.2) is 4.39 Å². The molecule has 2 heterocycles. The van der Waals surface area contributed by atoms with Gasteiger partial charge in [-0.05, 0) is 57.9 Å². The van der Waals surface area contributed by atoms with E-state index in [0.29, 0.717) is 30.9 Å². The Morgan fingerprint density at radius 1 is 1.31 bits per heavy atom. The molecule has 0 bridgehead atoms. The van der Waals surface area contributed by atoms with Crippen molar-refractivity contribution in [1.82, 2.24) is 14.7 Å². The second kappa shape index (κ2) is 8.69. The van der Waals surface area contributed by atoms with Gasteiger partial charge in [0.25, 0.3) is 0 Å². The summed E-state index contributed by atoms with van der Waals surface area (Å²) in [4.78, 5) is 31.4. The van der Waals surface area contributed by atoms with E-state index in [-0.39, 0.29) is 30.2 Å². The van der Waals surface area contributed by atoms with Crippen molar-refractivity contribution in [2.75, 3.05) is 40.3 Å². The van der Waals surface area contributed by atoms with Gasteiger partial charge in [0.05, 0.1) is 19.1 Å². The number of piperidine rings is 1. The summed E-state index contributed by atoms with van der Waals surface area (Å²) in [5.41, 5.74) is 0.0166. The molecule has 1 unspecified atom stereocenters. The number of halogens is 1. The highest BCUT2D eigenvalue weighted by Gasteiger charge is 2.48. The van der Waals surface area contributed by atoms with E-state index in [1.807, 2.05) is 20.9 Å². The van der Waals surface area contributed by atoms with Gasteiger partial charge in [-0.15, -0.1) is 0 Å². The molecule has 2 aliphatic rings. The smallest absolute Gasteiger partial charge is 0.236 e. The first-order valence-corrected chi connectivity index (χ1v) is 10.4. The quantitative estimate of drug-likeness (QED) is 0.730. The largest absolute Gasteiger partial charge is 0.497 e. The number of ether oxygens (including phenoxy) is 1. The minimum absolute atomic E-state index is 0.0793. The summed E-state index contributed by atoms with van der Waals surface area (Å²) in [6.07, 6.45) is 2.47. The van der Waals surface area contributed by atoms with Crippen LogP contribution in [0.5, 0.6) is 5.75 Å². The van der Waals surface area contributed by atoms with Crippen molar-refractivity contribution in [3.8, 4) is 5.75 Å². The lowest BCUT2D eigenvalue weighted by molar-refractivity contribution is -0.146. The van der Waals surface area contributed by atoms with Crippen LogP contribution in [0.2, 0.25) is 0 Å². The number of carbonyl (C=O) groups excluding carboxylic acids is 2. The summed E-state index contributed by atoms with van der Waals surface area (Å²) >= 11 is 0. The van der Waals surface area contributed by atoms with Crippen LogP contribution in [0.4, 0.5) is 4.39 Å². The Hall–Kier alpha value is -2.15. The van der Waals surface area contributed by atoms with Crippen molar-refractivity contribution >= 4 is 11.8 Å². The van der Waals surface area contributed by atoms with Crippen LogP contribution in [-0.2, 0) is 16.1 Å². The molecule has 3 rings (SSSR count). The van der Waals surface area contributed by atoms with Crippen LogP contribution in [0.1, 0.15) is 38.7 Å². The SMILES string of the molecule is COc1ccc(F)c(CN2CCCC3(CCN(CC(=O)N(C)C(C)C)C3)C2=O)c1. The van der Waals surface area contributed by atoms with Gasteiger partial charge in [-0.3, -0.25) is 14.5 Å². The number of rotatable bonds is 6. The maximum Gasteiger partial charge on any atom is 0.236 e. The molecule has 6 nitrogen and oxygen atoms in total. The van der Waals surface area contributed by atoms with Gasteiger partial charge in [-0.1, -0.05) is 0 Å². The van der Waals surface area contributed by atoms with Crippen molar-refractivity contribution in [3.05, 3.63) is 29.6 Å². The molecular weight excluding hydrogens is 373 g/mol. The lowest BCUT2D eigenvalue weighted by atomic mass is 9.78. The molecule has 0 N–H and O–H groups in total. The molecule has 1 aromatic rings. The summed E-state index contributed by atoms with van der Waals surface area (Å²) in [6, 6.07) is 4.78. The Bertz CT molecular complexity index is 770.